The highest BCUT2D eigenvalue weighted by molar-refractivity contribution is 7.26. The van der Waals surface area contributed by atoms with Crippen molar-refractivity contribution in [2.24, 2.45) is 0 Å². The van der Waals surface area contributed by atoms with Crippen molar-refractivity contribution in [3.05, 3.63) is 334 Å². The van der Waals surface area contributed by atoms with Gasteiger partial charge in [0.1, 0.15) is 11.3 Å². The van der Waals surface area contributed by atoms with E-state index in [1.807, 2.05) is 22.7 Å². The fourth-order valence-electron chi connectivity index (χ4n) is 15.1. The van der Waals surface area contributed by atoms with Gasteiger partial charge in [-0.05, 0) is 119 Å². The predicted octanol–water partition coefficient (Wildman–Crippen LogP) is 24.5. The zero-order chi connectivity index (χ0) is 65.1. The molecule has 0 fully saturated rings. The normalized spacial score (nSPS) is 11.8. The Morgan fingerprint density at radius 3 is 1.28 bits per heavy atom. The Morgan fingerprint density at radius 1 is 0.232 bits per heavy atom. The third-order valence-electron chi connectivity index (χ3n) is 19.5. The van der Waals surface area contributed by atoms with Crippen LogP contribution in [0.4, 0.5) is 0 Å². The van der Waals surface area contributed by atoms with Crippen molar-refractivity contribution in [2.45, 2.75) is 0 Å². The van der Waals surface area contributed by atoms with Gasteiger partial charge in [0.15, 0.2) is 11.6 Å². The maximum absolute atomic E-state index is 5.53. The van der Waals surface area contributed by atoms with Crippen LogP contribution >= 0.6 is 22.7 Å². The zero-order valence-electron chi connectivity index (χ0n) is 53.2. The maximum atomic E-state index is 5.53. The molecule has 462 valence electrons. The van der Waals surface area contributed by atoms with E-state index in [1.165, 1.54) is 72.9 Å². The lowest BCUT2D eigenvalue weighted by molar-refractivity contribution is 1.11. The summed E-state index contributed by atoms with van der Waals surface area (Å²) in [5.41, 5.74) is 18.1. The maximum Gasteiger partial charge on any atom is 0.163 e. The van der Waals surface area contributed by atoms with Crippen LogP contribution in [-0.4, -0.2) is 33.6 Å². The van der Waals surface area contributed by atoms with Gasteiger partial charge in [-0.15, -0.1) is 22.7 Å². The summed E-state index contributed by atoms with van der Waals surface area (Å²) < 4.78 is 12.0. The van der Waals surface area contributed by atoms with Crippen LogP contribution in [0.1, 0.15) is 0 Å². The summed E-state index contributed by atoms with van der Waals surface area (Å²) in [6.07, 6.45) is 0. The standard InChI is InChI=1S/C50H32N4.C40H23N3S2/c1-4-15-33(16-5-1)48-47-41-25-12-13-26-44(41)54(40-23-8-3-9-24-40)50(47)52-49(51-48)38-20-14-19-34(29-38)37-27-28-45-42(31-37)43-30-35-17-10-11-18-36(35)32-46(43)53(45)39-21-6-2-7-22-39;1-2-12-24(13-3-1)43-32-21-7-4-16-29(32)35-36(30-19-10-17-27-25-14-5-8-22-33(25)44-37(27)30)41-39(42-40(35)43)31-20-11-18-28-26-15-6-9-23-34(26)45-38(28)31/h1-32H;1-23H. The molecule has 0 radical (unpaired) electrons. The molecule has 0 aliphatic heterocycles. The van der Waals surface area contributed by atoms with Gasteiger partial charge < -0.3 is 4.57 Å². The first-order valence-electron chi connectivity index (χ1n) is 33.3. The van der Waals surface area contributed by atoms with Gasteiger partial charge in [0.05, 0.1) is 44.2 Å². The van der Waals surface area contributed by atoms with Crippen LogP contribution in [0.25, 0.3) is 190 Å². The van der Waals surface area contributed by atoms with E-state index in [-0.39, 0.29) is 0 Å². The summed E-state index contributed by atoms with van der Waals surface area (Å²) in [4.78, 5) is 21.7. The average Bonchev–Trinajstić information content (AvgIpc) is 1.61. The number of para-hydroxylation sites is 5. The van der Waals surface area contributed by atoms with Gasteiger partial charge in [-0.1, -0.05) is 237 Å². The van der Waals surface area contributed by atoms with Gasteiger partial charge in [0.25, 0.3) is 0 Å². The minimum atomic E-state index is 0.691. The molecule has 0 bridgehead atoms. The Bertz CT molecular complexity index is 6780. The van der Waals surface area contributed by atoms with E-state index >= 15 is 0 Å². The lowest BCUT2D eigenvalue weighted by Gasteiger charge is -2.11. The molecule has 0 saturated carbocycles. The van der Waals surface area contributed by atoms with E-state index in [0.29, 0.717) is 5.82 Å². The lowest BCUT2D eigenvalue weighted by atomic mass is 9.99. The molecule has 9 heteroatoms. The fourth-order valence-corrected chi connectivity index (χ4v) is 17.5. The quantitative estimate of drug-likeness (QED) is 0.152. The Hall–Kier alpha value is -12.7. The van der Waals surface area contributed by atoms with E-state index in [0.717, 1.165) is 112 Å². The number of hydrogen-bond acceptors (Lipinski definition) is 6. The Kier molecular flexibility index (Phi) is 13.2. The van der Waals surface area contributed by atoms with Crippen molar-refractivity contribution in [2.75, 3.05) is 0 Å². The summed E-state index contributed by atoms with van der Waals surface area (Å²) in [6.45, 7) is 0. The molecule has 21 aromatic rings. The smallest absolute Gasteiger partial charge is 0.163 e. The zero-order valence-corrected chi connectivity index (χ0v) is 54.8. The monoisotopic (exact) mass is 1300 g/mol. The largest absolute Gasteiger partial charge is 0.309 e. The number of nitrogens with zero attached hydrogens (tertiary/aromatic N) is 7. The molecule has 0 saturated heterocycles. The molecule has 0 aliphatic rings. The van der Waals surface area contributed by atoms with Gasteiger partial charge >= 0.3 is 0 Å². The summed E-state index contributed by atoms with van der Waals surface area (Å²) >= 11 is 3.66. The molecular formula is C90H55N7S2. The van der Waals surface area contributed by atoms with E-state index in [1.54, 1.807) is 0 Å². The van der Waals surface area contributed by atoms with Crippen molar-refractivity contribution in [3.63, 3.8) is 0 Å². The molecule has 7 aromatic heterocycles. The molecule has 7 heterocycles. The highest BCUT2D eigenvalue weighted by Gasteiger charge is 2.26. The second-order valence-electron chi connectivity index (χ2n) is 25.2. The third kappa shape index (κ3) is 9.24. The minimum absolute atomic E-state index is 0.691. The van der Waals surface area contributed by atoms with E-state index in [9.17, 15) is 0 Å². The van der Waals surface area contributed by atoms with Gasteiger partial charge in [0.2, 0.25) is 0 Å². The van der Waals surface area contributed by atoms with Crippen molar-refractivity contribution in [3.8, 4) is 73.5 Å². The lowest BCUT2D eigenvalue weighted by Crippen LogP contribution is -1.99. The second kappa shape index (κ2) is 23.0. The van der Waals surface area contributed by atoms with Gasteiger partial charge in [-0.2, -0.15) is 0 Å². The van der Waals surface area contributed by atoms with Crippen LogP contribution in [0.5, 0.6) is 0 Å². The highest BCUT2D eigenvalue weighted by Crippen LogP contribution is 2.47. The first kappa shape index (κ1) is 56.7. The highest BCUT2D eigenvalue weighted by atomic mass is 32.1. The van der Waals surface area contributed by atoms with Crippen LogP contribution in [0.3, 0.4) is 0 Å². The summed E-state index contributed by atoms with van der Waals surface area (Å²) in [5.74, 6) is 1.43. The van der Waals surface area contributed by atoms with Crippen molar-refractivity contribution < 1.29 is 0 Å². The van der Waals surface area contributed by atoms with Crippen LogP contribution in [-0.2, 0) is 0 Å². The first-order valence-corrected chi connectivity index (χ1v) is 35.0. The topological polar surface area (TPSA) is 66.3 Å². The number of aromatic nitrogens is 7. The number of rotatable bonds is 8. The van der Waals surface area contributed by atoms with Crippen molar-refractivity contribution >= 4 is 139 Å². The fraction of sp³-hybridized carbons (Fsp3) is 0. The van der Waals surface area contributed by atoms with Crippen LogP contribution in [0.2, 0.25) is 0 Å². The number of benzene rings is 14. The molecule has 0 N–H and O–H groups in total. The number of fused-ring (bicyclic) bond motifs is 16. The van der Waals surface area contributed by atoms with Gasteiger partial charge in [-0.3, -0.25) is 9.13 Å². The van der Waals surface area contributed by atoms with Crippen LogP contribution in [0.15, 0.2) is 334 Å². The van der Waals surface area contributed by atoms with Gasteiger partial charge in [0, 0.05) is 101 Å². The molecule has 0 aliphatic carbocycles. The molecule has 21 rings (SSSR count). The molecule has 7 nitrogen and oxygen atoms in total. The average molecular weight is 1300 g/mol. The molecule has 99 heavy (non-hydrogen) atoms. The molecule has 0 unspecified atom stereocenters. The summed E-state index contributed by atoms with van der Waals surface area (Å²) in [5, 5.41) is 14.4. The number of hydrogen-bond donors (Lipinski definition) is 0. The molecule has 0 spiro atoms. The molecule has 0 amide bonds. The molecular weight excluding hydrogens is 1240 g/mol. The van der Waals surface area contributed by atoms with E-state index < -0.39 is 0 Å². The second-order valence-corrected chi connectivity index (χ2v) is 27.3. The SMILES string of the molecule is c1ccc(-c2nc(-c3cccc(-c4ccc5c(c4)c4cc6ccccc6cc4n5-c4ccccc4)c3)nc3c2c2ccccc2n3-c2ccccc2)cc1.c1ccc(-n2c3ccccc3c3c(-c4cccc5c4sc4ccccc45)nc(-c4cccc5c4sc4ccccc45)nc32)cc1. The summed E-state index contributed by atoms with van der Waals surface area (Å²) in [7, 11) is 0. The van der Waals surface area contributed by atoms with E-state index in [4.69, 9.17) is 19.9 Å². The Morgan fingerprint density at radius 2 is 0.657 bits per heavy atom. The van der Waals surface area contributed by atoms with Crippen molar-refractivity contribution in [1.82, 2.24) is 33.6 Å². The van der Waals surface area contributed by atoms with Gasteiger partial charge in [-0.25, -0.2) is 19.9 Å². The molecule has 14 aromatic carbocycles. The van der Waals surface area contributed by atoms with Crippen molar-refractivity contribution in [1.29, 1.82) is 0 Å². The van der Waals surface area contributed by atoms with E-state index in [2.05, 4.69) is 347 Å². The third-order valence-corrected chi connectivity index (χ3v) is 22.0. The number of thiophene rings is 2. The van der Waals surface area contributed by atoms with Crippen LogP contribution in [0, 0.1) is 0 Å². The minimum Gasteiger partial charge on any atom is -0.309 e. The Labute approximate surface area is 576 Å². The first-order chi connectivity index (χ1) is 49.1. The van der Waals surface area contributed by atoms with Crippen LogP contribution < -0.4 is 0 Å². The molecule has 0 atom stereocenters. The Balaban J connectivity index is 0.000000136. The summed E-state index contributed by atoms with van der Waals surface area (Å²) in [6, 6.07) is 119. The predicted molar refractivity (Wildman–Crippen MR) is 418 cm³/mol.